The highest BCUT2D eigenvalue weighted by Gasteiger charge is 2.13. The Labute approximate surface area is 169 Å². The number of esters is 1. The first kappa shape index (κ1) is 20.3. The second kappa shape index (κ2) is 9.19. The van der Waals surface area contributed by atoms with Gasteiger partial charge < -0.3 is 14.5 Å². The van der Waals surface area contributed by atoms with Crippen molar-refractivity contribution in [3.05, 3.63) is 71.2 Å². The molecule has 0 aliphatic rings. The zero-order valence-electron chi connectivity index (χ0n) is 16.8. The minimum Gasteiger partial charge on any atom is -0.456 e. The number of carbonyl (C=O) groups is 2. The topological polar surface area (TPSA) is 81.4 Å². The van der Waals surface area contributed by atoms with Gasteiger partial charge in [-0.3, -0.25) is 9.59 Å². The number of aryl methyl sites for hydroxylation is 4. The standard InChI is InChI=1S/C23H24N2O4/c1-15-7-9-18(10-8-15)19-13-24-21(29-19)11-12-22(27)28-14-20(26)25-23-16(2)5-4-6-17(23)3/h4-10,13H,11-12,14H2,1-3H3,(H,25,26). The fraction of sp³-hybridized carbons (Fsp3) is 0.261. The molecule has 150 valence electrons. The lowest BCUT2D eigenvalue weighted by atomic mass is 10.1. The molecule has 29 heavy (non-hydrogen) atoms. The van der Waals surface area contributed by atoms with E-state index in [4.69, 9.17) is 9.15 Å². The van der Waals surface area contributed by atoms with E-state index < -0.39 is 5.97 Å². The van der Waals surface area contributed by atoms with Gasteiger partial charge in [0.2, 0.25) is 0 Å². The van der Waals surface area contributed by atoms with Crippen molar-refractivity contribution >= 4 is 17.6 Å². The lowest BCUT2D eigenvalue weighted by molar-refractivity contribution is -0.147. The predicted octanol–water partition coefficient (Wildman–Crippen LogP) is 4.38. The summed E-state index contributed by atoms with van der Waals surface area (Å²) in [5, 5.41) is 2.79. The highest BCUT2D eigenvalue weighted by atomic mass is 16.5. The number of aromatic nitrogens is 1. The number of amides is 1. The van der Waals surface area contributed by atoms with Crippen molar-refractivity contribution in [2.24, 2.45) is 0 Å². The Kier molecular flexibility index (Phi) is 6.44. The summed E-state index contributed by atoms with van der Waals surface area (Å²) < 4.78 is 10.8. The maximum absolute atomic E-state index is 12.1. The number of nitrogens with zero attached hydrogens (tertiary/aromatic N) is 1. The number of rotatable bonds is 7. The van der Waals surface area contributed by atoms with Gasteiger partial charge in [0.1, 0.15) is 0 Å². The third-order valence-electron chi connectivity index (χ3n) is 4.54. The lowest BCUT2D eigenvalue weighted by Crippen LogP contribution is -2.22. The first-order valence-corrected chi connectivity index (χ1v) is 9.46. The van der Waals surface area contributed by atoms with E-state index in [9.17, 15) is 9.59 Å². The number of anilines is 1. The molecule has 1 N–H and O–H groups in total. The minimum absolute atomic E-state index is 0.0878. The van der Waals surface area contributed by atoms with E-state index in [0.717, 1.165) is 27.9 Å². The van der Waals surface area contributed by atoms with Crippen LogP contribution in [0.3, 0.4) is 0 Å². The molecule has 6 heteroatoms. The molecule has 0 saturated heterocycles. The van der Waals surface area contributed by atoms with Crippen LogP contribution < -0.4 is 5.32 Å². The Balaban J connectivity index is 1.45. The smallest absolute Gasteiger partial charge is 0.306 e. The molecular weight excluding hydrogens is 368 g/mol. The third kappa shape index (κ3) is 5.54. The molecule has 0 aliphatic heterocycles. The van der Waals surface area contributed by atoms with E-state index in [2.05, 4.69) is 10.3 Å². The second-order valence-electron chi connectivity index (χ2n) is 6.96. The molecule has 1 amide bonds. The Bertz CT molecular complexity index is 986. The second-order valence-corrected chi connectivity index (χ2v) is 6.96. The van der Waals surface area contributed by atoms with Crippen molar-refractivity contribution in [1.29, 1.82) is 0 Å². The minimum atomic E-state index is -0.475. The summed E-state index contributed by atoms with van der Waals surface area (Å²) in [4.78, 5) is 28.2. The molecule has 2 aromatic carbocycles. The first-order chi connectivity index (χ1) is 13.9. The van der Waals surface area contributed by atoms with Gasteiger partial charge in [0.15, 0.2) is 18.3 Å². The van der Waals surface area contributed by atoms with Crippen molar-refractivity contribution in [1.82, 2.24) is 4.98 Å². The van der Waals surface area contributed by atoms with Crippen LogP contribution >= 0.6 is 0 Å². The van der Waals surface area contributed by atoms with Crippen LogP contribution in [0, 0.1) is 20.8 Å². The van der Waals surface area contributed by atoms with Gasteiger partial charge in [-0.2, -0.15) is 0 Å². The first-order valence-electron chi connectivity index (χ1n) is 9.46. The van der Waals surface area contributed by atoms with Crippen LogP contribution in [0.4, 0.5) is 5.69 Å². The number of ether oxygens (including phenoxy) is 1. The van der Waals surface area contributed by atoms with E-state index in [1.54, 1.807) is 6.20 Å². The SMILES string of the molecule is Cc1ccc(-c2cnc(CCC(=O)OCC(=O)Nc3c(C)cccc3C)o2)cc1. The molecule has 0 atom stereocenters. The van der Waals surface area contributed by atoms with E-state index in [-0.39, 0.29) is 18.9 Å². The number of carbonyl (C=O) groups excluding carboxylic acids is 2. The summed E-state index contributed by atoms with van der Waals surface area (Å²) in [5.74, 6) is 0.268. The van der Waals surface area contributed by atoms with Crippen molar-refractivity contribution in [2.45, 2.75) is 33.6 Å². The Morgan fingerprint density at radius 1 is 1.03 bits per heavy atom. The maximum atomic E-state index is 12.1. The molecule has 0 aliphatic carbocycles. The lowest BCUT2D eigenvalue weighted by Gasteiger charge is -2.11. The van der Waals surface area contributed by atoms with Gasteiger partial charge in [0.05, 0.1) is 12.6 Å². The van der Waals surface area contributed by atoms with Crippen molar-refractivity contribution < 1.29 is 18.7 Å². The van der Waals surface area contributed by atoms with Crippen LogP contribution in [0.15, 0.2) is 53.1 Å². The summed E-state index contributed by atoms with van der Waals surface area (Å²) in [5.41, 5.74) is 4.76. The molecule has 0 radical (unpaired) electrons. The van der Waals surface area contributed by atoms with Gasteiger partial charge in [0.25, 0.3) is 5.91 Å². The average molecular weight is 392 g/mol. The van der Waals surface area contributed by atoms with E-state index in [1.165, 1.54) is 0 Å². The number of hydrogen-bond donors (Lipinski definition) is 1. The molecule has 0 saturated carbocycles. The number of hydrogen-bond acceptors (Lipinski definition) is 5. The van der Waals surface area contributed by atoms with Crippen LogP contribution in [0.1, 0.15) is 29.0 Å². The monoisotopic (exact) mass is 392 g/mol. The summed E-state index contributed by atoms with van der Waals surface area (Å²) in [7, 11) is 0. The highest BCUT2D eigenvalue weighted by molar-refractivity contribution is 5.94. The van der Waals surface area contributed by atoms with Gasteiger partial charge in [0, 0.05) is 17.7 Å². The summed E-state index contributed by atoms with van der Waals surface area (Å²) in [6.07, 6.45) is 2.04. The number of para-hydroxylation sites is 1. The van der Waals surface area contributed by atoms with Crippen molar-refractivity contribution in [3.8, 4) is 11.3 Å². The van der Waals surface area contributed by atoms with Gasteiger partial charge in [-0.05, 0) is 31.9 Å². The summed E-state index contributed by atoms with van der Waals surface area (Å²) >= 11 is 0. The van der Waals surface area contributed by atoms with E-state index in [1.807, 2.05) is 63.2 Å². The normalized spacial score (nSPS) is 10.6. The molecule has 0 unspecified atom stereocenters. The Morgan fingerprint density at radius 2 is 1.72 bits per heavy atom. The molecule has 3 aromatic rings. The molecule has 6 nitrogen and oxygen atoms in total. The van der Waals surface area contributed by atoms with Gasteiger partial charge >= 0.3 is 5.97 Å². The van der Waals surface area contributed by atoms with Crippen LogP contribution in [0.5, 0.6) is 0 Å². The molecular formula is C23H24N2O4. The zero-order valence-corrected chi connectivity index (χ0v) is 16.8. The van der Waals surface area contributed by atoms with Crippen LogP contribution in [0.25, 0.3) is 11.3 Å². The number of oxazole rings is 1. The molecule has 3 rings (SSSR count). The third-order valence-corrected chi connectivity index (χ3v) is 4.54. The predicted molar refractivity (Wildman–Crippen MR) is 111 cm³/mol. The largest absolute Gasteiger partial charge is 0.456 e. The maximum Gasteiger partial charge on any atom is 0.306 e. The van der Waals surface area contributed by atoms with Crippen molar-refractivity contribution in [2.75, 3.05) is 11.9 Å². The number of nitrogens with one attached hydrogen (secondary N) is 1. The molecule has 0 fully saturated rings. The quantitative estimate of drug-likeness (QED) is 0.604. The average Bonchev–Trinajstić information content (AvgIpc) is 3.17. The fourth-order valence-electron chi connectivity index (χ4n) is 2.89. The molecule has 1 heterocycles. The Hall–Kier alpha value is -3.41. The van der Waals surface area contributed by atoms with E-state index in [0.29, 0.717) is 18.1 Å². The Morgan fingerprint density at radius 3 is 2.41 bits per heavy atom. The van der Waals surface area contributed by atoms with Crippen LogP contribution in [0.2, 0.25) is 0 Å². The van der Waals surface area contributed by atoms with E-state index >= 15 is 0 Å². The zero-order chi connectivity index (χ0) is 20.8. The van der Waals surface area contributed by atoms with Gasteiger partial charge in [-0.25, -0.2) is 4.98 Å². The molecule has 0 spiro atoms. The van der Waals surface area contributed by atoms with Crippen molar-refractivity contribution in [3.63, 3.8) is 0 Å². The molecule has 1 aromatic heterocycles. The van der Waals surface area contributed by atoms with Crippen LogP contribution in [-0.2, 0) is 20.7 Å². The summed E-state index contributed by atoms with van der Waals surface area (Å²) in [6, 6.07) is 13.7. The summed E-state index contributed by atoms with van der Waals surface area (Å²) in [6.45, 7) is 5.52. The highest BCUT2D eigenvalue weighted by Crippen LogP contribution is 2.21. The number of benzene rings is 2. The fourth-order valence-corrected chi connectivity index (χ4v) is 2.89. The molecule has 0 bridgehead atoms. The van der Waals surface area contributed by atoms with Crippen LogP contribution in [-0.4, -0.2) is 23.5 Å². The van der Waals surface area contributed by atoms with Gasteiger partial charge in [-0.1, -0.05) is 48.0 Å². The van der Waals surface area contributed by atoms with Gasteiger partial charge in [-0.15, -0.1) is 0 Å².